The Hall–Kier alpha value is -2.24. The summed E-state index contributed by atoms with van der Waals surface area (Å²) in [4.78, 5) is 11.3. The second-order valence-electron chi connectivity index (χ2n) is 3.61. The van der Waals surface area contributed by atoms with E-state index in [1.807, 2.05) is 31.2 Å². The molecule has 0 bridgehead atoms. The average Bonchev–Trinajstić information content (AvgIpc) is 2.75. The van der Waals surface area contributed by atoms with Crippen LogP contribution in [0.3, 0.4) is 0 Å². The second kappa shape index (κ2) is 4.73. The van der Waals surface area contributed by atoms with Crippen molar-refractivity contribution in [1.29, 1.82) is 0 Å². The van der Waals surface area contributed by atoms with Crippen molar-refractivity contribution in [2.75, 3.05) is 5.32 Å². The number of aryl methyl sites for hydroxylation is 1. The molecule has 2 aromatic rings. The molecule has 0 saturated heterocycles. The fourth-order valence-electron chi connectivity index (χ4n) is 1.46. The molecule has 0 unspecified atom stereocenters. The molecule has 6 heteroatoms. The lowest BCUT2D eigenvalue weighted by molar-refractivity contribution is -0.115. The number of aromatic nitrogens is 4. The van der Waals surface area contributed by atoms with E-state index in [1.54, 1.807) is 11.7 Å². The normalized spacial score (nSPS) is 10.2. The third-order valence-corrected chi connectivity index (χ3v) is 2.35. The number of tetrazole rings is 1. The van der Waals surface area contributed by atoms with E-state index in [-0.39, 0.29) is 5.91 Å². The Bertz CT molecular complexity index is 534. The molecule has 2 rings (SSSR count). The van der Waals surface area contributed by atoms with E-state index in [0.717, 1.165) is 11.3 Å². The Morgan fingerprint density at radius 3 is 2.94 bits per heavy atom. The van der Waals surface area contributed by atoms with E-state index in [4.69, 9.17) is 0 Å². The van der Waals surface area contributed by atoms with Crippen molar-refractivity contribution >= 4 is 11.6 Å². The molecule has 1 aromatic heterocycles. The van der Waals surface area contributed by atoms with Gasteiger partial charge < -0.3 is 5.32 Å². The van der Waals surface area contributed by atoms with Gasteiger partial charge in [0.15, 0.2) is 5.82 Å². The molecule has 1 N–H and O–H groups in total. The van der Waals surface area contributed by atoms with Crippen molar-refractivity contribution in [2.45, 2.75) is 13.3 Å². The highest BCUT2D eigenvalue weighted by molar-refractivity contribution is 5.91. The summed E-state index contributed by atoms with van der Waals surface area (Å²) in [5.41, 5.74) is 1.61. The minimum absolute atomic E-state index is 0.0155. The number of nitrogens with one attached hydrogen (secondary N) is 1. The van der Waals surface area contributed by atoms with E-state index >= 15 is 0 Å². The molecule has 0 fully saturated rings. The molecule has 17 heavy (non-hydrogen) atoms. The lowest BCUT2D eigenvalue weighted by Gasteiger charge is -2.05. The number of rotatable bonds is 3. The summed E-state index contributed by atoms with van der Waals surface area (Å²) in [6.07, 6.45) is 0.454. The third kappa shape index (κ3) is 2.47. The Labute approximate surface area is 98.6 Å². The zero-order valence-corrected chi connectivity index (χ0v) is 9.71. The lowest BCUT2D eigenvalue weighted by Crippen LogP contribution is -2.09. The second-order valence-corrected chi connectivity index (χ2v) is 3.61. The molecule has 88 valence electrons. The number of carbonyl (C=O) groups is 1. The highest BCUT2D eigenvalue weighted by Crippen LogP contribution is 2.19. The molecule has 1 amide bonds. The van der Waals surface area contributed by atoms with Crippen LogP contribution < -0.4 is 5.32 Å². The minimum Gasteiger partial charge on any atom is -0.326 e. The Balaban J connectivity index is 2.29. The number of anilines is 1. The van der Waals surface area contributed by atoms with Crippen LogP contribution in [0.25, 0.3) is 11.4 Å². The molecule has 1 heterocycles. The number of hydrogen-bond donors (Lipinski definition) is 1. The van der Waals surface area contributed by atoms with Crippen LogP contribution in [-0.4, -0.2) is 26.1 Å². The van der Waals surface area contributed by atoms with Gasteiger partial charge in [0.2, 0.25) is 5.91 Å². The van der Waals surface area contributed by atoms with Crippen LogP contribution in [0.4, 0.5) is 5.69 Å². The van der Waals surface area contributed by atoms with Gasteiger partial charge in [-0.05, 0) is 22.6 Å². The predicted molar refractivity (Wildman–Crippen MR) is 63.2 cm³/mol. The first-order valence-electron chi connectivity index (χ1n) is 5.33. The Kier molecular flexibility index (Phi) is 3.13. The van der Waals surface area contributed by atoms with Gasteiger partial charge in [-0.3, -0.25) is 4.79 Å². The smallest absolute Gasteiger partial charge is 0.224 e. The molecule has 0 aliphatic carbocycles. The van der Waals surface area contributed by atoms with Crippen molar-refractivity contribution in [3.63, 3.8) is 0 Å². The number of carbonyl (C=O) groups excluding carboxylic acids is 1. The van der Waals surface area contributed by atoms with E-state index in [0.29, 0.717) is 12.2 Å². The number of amides is 1. The number of nitrogens with zero attached hydrogens (tertiary/aromatic N) is 4. The van der Waals surface area contributed by atoms with Crippen LogP contribution >= 0.6 is 0 Å². The van der Waals surface area contributed by atoms with Crippen molar-refractivity contribution in [3.8, 4) is 11.4 Å². The molecule has 0 radical (unpaired) electrons. The van der Waals surface area contributed by atoms with Gasteiger partial charge >= 0.3 is 0 Å². The van der Waals surface area contributed by atoms with Crippen LogP contribution in [0, 0.1) is 0 Å². The summed E-state index contributed by atoms with van der Waals surface area (Å²) in [6.45, 7) is 1.81. The third-order valence-electron chi connectivity index (χ3n) is 2.35. The van der Waals surface area contributed by atoms with Gasteiger partial charge in [-0.2, -0.15) is 0 Å². The monoisotopic (exact) mass is 231 g/mol. The molecular weight excluding hydrogens is 218 g/mol. The summed E-state index contributed by atoms with van der Waals surface area (Å²) in [7, 11) is 1.77. The van der Waals surface area contributed by atoms with Gasteiger partial charge in [0.1, 0.15) is 0 Å². The van der Waals surface area contributed by atoms with Gasteiger partial charge in [-0.1, -0.05) is 19.1 Å². The van der Waals surface area contributed by atoms with Gasteiger partial charge in [-0.25, -0.2) is 4.68 Å². The topological polar surface area (TPSA) is 72.7 Å². The number of hydrogen-bond acceptors (Lipinski definition) is 4. The van der Waals surface area contributed by atoms with E-state index in [2.05, 4.69) is 20.8 Å². The lowest BCUT2D eigenvalue weighted by atomic mass is 10.2. The predicted octanol–water partition coefficient (Wildman–Crippen LogP) is 1.23. The summed E-state index contributed by atoms with van der Waals surface area (Å²) in [5.74, 6) is 0.649. The molecule has 0 atom stereocenters. The maximum atomic E-state index is 11.3. The first-order chi connectivity index (χ1) is 8.20. The Morgan fingerprint density at radius 1 is 1.47 bits per heavy atom. The van der Waals surface area contributed by atoms with Gasteiger partial charge in [-0.15, -0.1) is 5.10 Å². The minimum atomic E-state index is -0.0155. The standard InChI is InChI=1S/C11H13N5O/c1-3-10(17)12-9-6-4-5-8(7-9)11-13-14-15-16(11)2/h4-7H,3H2,1-2H3,(H,12,17). The van der Waals surface area contributed by atoms with Crippen molar-refractivity contribution in [1.82, 2.24) is 20.2 Å². The fourth-order valence-corrected chi connectivity index (χ4v) is 1.46. The van der Waals surface area contributed by atoms with Gasteiger partial charge in [0, 0.05) is 24.7 Å². The van der Waals surface area contributed by atoms with Gasteiger partial charge in [0.05, 0.1) is 0 Å². The highest BCUT2D eigenvalue weighted by Gasteiger charge is 2.07. The fraction of sp³-hybridized carbons (Fsp3) is 0.273. The van der Waals surface area contributed by atoms with Crippen molar-refractivity contribution in [3.05, 3.63) is 24.3 Å². The first-order valence-corrected chi connectivity index (χ1v) is 5.33. The molecule has 0 aliphatic heterocycles. The SMILES string of the molecule is CCC(=O)Nc1cccc(-c2nnnn2C)c1. The quantitative estimate of drug-likeness (QED) is 0.862. The van der Waals surface area contributed by atoms with Crippen LogP contribution in [0.1, 0.15) is 13.3 Å². The summed E-state index contributed by atoms with van der Waals surface area (Å²) < 4.78 is 1.58. The van der Waals surface area contributed by atoms with E-state index < -0.39 is 0 Å². The van der Waals surface area contributed by atoms with Crippen LogP contribution in [0.5, 0.6) is 0 Å². The maximum Gasteiger partial charge on any atom is 0.224 e. The molecule has 0 saturated carbocycles. The summed E-state index contributed by atoms with van der Waals surface area (Å²) >= 11 is 0. The Morgan fingerprint density at radius 2 is 2.29 bits per heavy atom. The highest BCUT2D eigenvalue weighted by atomic mass is 16.1. The first kappa shape index (κ1) is 11.3. The van der Waals surface area contributed by atoms with Crippen LogP contribution in [0.2, 0.25) is 0 Å². The van der Waals surface area contributed by atoms with E-state index in [9.17, 15) is 4.79 Å². The molecule has 0 spiro atoms. The van der Waals surface area contributed by atoms with E-state index in [1.165, 1.54) is 0 Å². The molecule has 0 aliphatic rings. The zero-order valence-electron chi connectivity index (χ0n) is 9.71. The molecule has 6 nitrogen and oxygen atoms in total. The largest absolute Gasteiger partial charge is 0.326 e. The van der Waals surface area contributed by atoms with Crippen molar-refractivity contribution < 1.29 is 4.79 Å². The van der Waals surface area contributed by atoms with Crippen molar-refractivity contribution in [2.24, 2.45) is 7.05 Å². The number of benzene rings is 1. The van der Waals surface area contributed by atoms with Crippen LogP contribution in [-0.2, 0) is 11.8 Å². The summed E-state index contributed by atoms with van der Waals surface area (Å²) in [6, 6.07) is 7.43. The molecular formula is C11H13N5O. The molecule has 1 aromatic carbocycles. The van der Waals surface area contributed by atoms with Gasteiger partial charge in [0.25, 0.3) is 0 Å². The summed E-state index contributed by atoms with van der Waals surface area (Å²) in [5, 5.41) is 14.1. The maximum absolute atomic E-state index is 11.3. The zero-order chi connectivity index (χ0) is 12.3. The van der Waals surface area contributed by atoms with Crippen LogP contribution in [0.15, 0.2) is 24.3 Å². The average molecular weight is 231 g/mol.